The molecule has 0 aromatic rings. The highest BCUT2D eigenvalue weighted by molar-refractivity contribution is 7.92. The van der Waals surface area contributed by atoms with Crippen LogP contribution in [0.25, 0.3) is 0 Å². The smallest absolute Gasteiger partial charge is 0.240 e. The average molecular weight is 254 g/mol. The third kappa shape index (κ3) is 3.34. The number of carbonyl (C=O) groups is 1. The fourth-order valence-electron chi connectivity index (χ4n) is 1.57. The van der Waals surface area contributed by atoms with Gasteiger partial charge in [-0.3, -0.25) is 4.79 Å². The van der Waals surface area contributed by atoms with Crippen LogP contribution in [0.1, 0.15) is 19.8 Å². The van der Waals surface area contributed by atoms with Gasteiger partial charge in [-0.25, -0.2) is 8.42 Å². The molecule has 0 aliphatic carbocycles. The van der Waals surface area contributed by atoms with Crippen molar-refractivity contribution in [1.82, 2.24) is 4.90 Å². The van der Waals surface area contributed by atoms with Gasteiger partial charge in [0.2, 0.25) is 5.91 Å². The van der Waals surface area contributed by atoms with E-state index in [1.165, 1.54) is 6.92 Å². The summed E-state index contributed by atoms with van der Waals surface area (Å²) in [6, 6.07) is 0. The Hall–Kier alpha value is -0.290. The van der Waals surface area contributed by atoms with Gasteiger partial charge in [-0.1, -0.05) is 0 Å². The molecule has 6 heteroatoms. The number of hydrogen-bond donors (Lipinski definition) is 0. The monoisotopic (exact) mass is 253 g/mol. The van der Waals surface area contributed by atoms with Crippen LogP contribution in [0.5, 0.6) is 0 Å². The number of rotatable bonds is 2. The Bertz CT molecular complexity index is 341. The van der Waals surface area contributed by atoms with Gasteiger partial charge in [0.1, 0.15) is 5.25 Å². The molecule has 0 aromatic carbocycles. The molecule has 1 aliphatic rings. The molecule has 1 aliphatic heterocycles. The molecule has 0 radical (unpaired) electrons. The lowest BCUT2D eigenvalue weighted by Crippen LogP contribution is -2.46. The minimum atomic E-state index is -3.30. The first-order valence-electron chi connectivity index (χ1n) is 4.94. The van der Waals surface area contributed by atoms with Crippen LogP contribution < -0.4 is 0 Å². The van der Waals surface area contributed by atoms with E-state index in [1.54, 1.807) is 4.90 Å². The molecule has 15 heavy (non-hydrogen) atoms. The molecule has 1 amide bonds. The van der Waals surface area contributed by atoms with Gasteiger partial charge in [-0.05, 0) is 19.8 Å². The maximum atomic E-state index is 11.8. The third-order valence-corrected chi connectivity index (χ3v) is 4.51. The van der Waals surface area contributed by atoms with E-state index in [9.17, 15) is 13.2 Å². The number of piperidine rings is 1. The van der Waals surface area contributed by atoms with Gasteiger partial charge < -0.3 is 4.90 Å². The van der Waals surface area contributed by atoms with E-state index in [0.717, 1.165) is 19.1 Å². The maximum Gasteiger partial charge on any atom is 0.240 e. The SMILES string of the molecule is CC(C(=O)N1CCCC(Cl)C1)S(C)(=O)=O. The van der Waals surface area contributed by atoms with Crippen molar-refractivity contribution in [3.63, 3.8) is 0 Å². The molecule has 1 rings (SSSR count). The van der Waals surface area contributed by atoms with Crippen molar-refractivity contribution in [1.29, 1.82) is 0 Å². The van der Waals surface area contributed by atoms with Crippen molar-refractivity contribution in [3.8, 4) is 0 Å². The van der Waals surface area contributed by atoms with Crippen LogP contribution in [0.15, 0.2) is 0 Å². The minimum absolute atomic E-state index is 0.0468. The summed E-state index contributed by atoms with van der Waals surface area (Å²) in [7, 11) is -3.30. The number of sulfone groups is 1. The van der Waals surface area contributed by atoms with Crippen LogP contribution in [-0.4, -0.2) is 49.2 Å². The predicted molar refractivity (Wildman–Crippen MR) is 59.8 cm³/mol. The molecule has 1 saturated heterocycles. The fraction of sp³-hybridized carbons (Fsp3) is 0.889. The summed E-state index contributed by atoms with van der Waals surface area (Å²) >= 11 is 5.93. The van der Waals surface area contributed by atoms with Gasteiger partial charge in [0.15, 0.2) is 9.84 Å². The van der Waals surface area contributed by atoms with Crippen LogP contribution in [0.2, 0.25) is 0 Å². The van der Waals surface area contributed by atoms with Gasteiger partial charge >= 0.3 is 0 Å². The van der Waals surface area contributed by atoms with Crippen LogP contribution in [0.3, 0.4) is 0 Å². The number of hydrogen-bond acceptors (Lipinski definition) is 3. The Morgan fingerprint density at radius 2 is 2.13 bits per heavy atom. The third-order valence-electron chi connectivity index (χ3n) is 2.67. The number of alkyl halides is 1. The summed E-state index contributed by atoms with van der Waals surface area (Å²) in [5.41, 5.74) is 0. The number of likely N-dealkylation sites (tertiary alicyclic amines) is 1. The molecule has 2 unspecified atom stereocenters. The van der Waals surface area contributed by atoms with Crippen LogP contribution in [0, 0.1) is 0 Å². The van der Waals surface area contributed by atoms with Gasteiger partial charge in [-0.2, -0.15) is 0 Å². The maximum absolute atomic E-state index is 11.8. The lowest BCUT2D eigenvalue weighted by atomic mass is 10.1. The van der Waals surface area contributed by atoms with Gasteiger partial charge in [-0.15, -0.1) is 11.6 Å². The minimum Gasteiger partial charge on any atom is -0.340 e. The normalized spacial score (nSPS) is 25.0. The van der Waals surface area contributed by atoms with E-state index in [0.29, 0.717) is 13.1 Å². The van der Waals surface area contributed by atoms with Crippen molar-refractivity contribution >= 4 is 27.3 Å². The Balaban J connectivity index is 2.68. The largest absolute Gasteiger partial charge is 0.340 e. The van der Waals surface area contributed by atoms with E-state index in [1.807, 2.05) is 0 Å². The van der Waals surface area contributed by atoms with Gasteiger partial charge in [0, 0.05) is 19.3 Å². The second kappa shape index (κ2) is 4.70. The number of halogens is 1. The topological polar surface area (TPSA) is 54.5 Å². The molecule has 0 N–H and O–H groups in total. The number of nitrogens with zero attached hydrogens (tertiary/aromatic N) is 1. The lowest BCUT2D eigenvalue weighted by molar-refractivity contribution is -0.131. The summed E-state index contributed by atoms with van der Waals surface area (Å²) in [6.45, 7) is 2.50. The highest BCUT2D eigenvalue weighted by Gasteiger charge is 2.30. The van der Waals surface area contributed by atoms with E-state index >= 15 is 0 Å². The Kier molecular flexibility index (Phi) is 4.00. The zero-order valence-corrected chi connectivity index (χ0v) is 10.5. The van der Waals surface area contributed by atoms with Gasteiger partial charge in [0.25, 0.3) is 0 Å². The average Bonchev–Trinajstić information content (AvgIpc) is 2.14. The molecule has 1 fully saturated rings. The summed E-state index contributed by atoms with van der Waals surface area (Å²) in [4.78, 5) is 13.3. The molecular weight excluding hydrogens is 238 g/mol. The molecule has 0 spiro atoms. The molecule has 4 nitrogen and oxygen atoms in total. The highest BCUT2D eigenvalue weighted by atomic mass is 35.5. The Labute approximate surface area is 95.5 Å². The predicted octanol–water partition coefficient (Wildman–Crippen LogP) is 0.649. The molecule has 1 heterocycles. The van der Waals surface area contributed by atoms with Crippen LogP contribution in [0.4, 0.5) is 0 Å². The molecule has 0 saturated carbocycles. The number of amides is 1. The summed E-state index contributed by atoms with van der Waals surface area (Å²) in [5.74, 6) is -0.331. The van der Waals surface area contributed by atoms with Crippen molar-refractivity contribution in [2.45, 2.75) is 30.4 Å². The zero-order valence-electron chi connectivity index (χ0n) is 8.94. The van der Waals surface area contributed by atoms with Crippen molar-refractivity contribution in [2.24, 2.45) is 0 Å². The van der Waals surface area contributed by atoms with E-state index in [4.69, 9.17) is 11.6 Å². The first-order valence-corrected chi connectivity index (χ1v) is 7.33. The second-order valence-corrected chi connectivity index (χ2v) is 6.98. The molecule has 2 atom stereocenters. The highest BCUT2D eigenvalue weighted by Crippen LogP contribution is 2.17. The standard InChI is InChI=1S/C9H16ClNO3S/c1-7(15(2,13)14)9(12)11-5-3-4-8(10)6-11/h7-8H,3-6H2,1-2H3. The van der Waals surface area contributed by atoms with Crippen LogP contribution in [-0.2, 0) is 14.6 Å². The second-order valence-electron chi connectivity index (χ2n) is 4.00. The molecular formula is C9H16ClNO3S. The lowest BCUT2D eigenvalue weighted by Gasteiger charge is -2.31. The van der Waals surface area contributed by atoms with Crippen molar-refractivity contribution < 1.29 is 13.2 Å². The number of carbonyl (C=O) groups excluding carboxylic acids is 1. The zero-order chi connectivity index (χ0) is 11.6. The Morgan fingerprint density at radius 1 is 1.53 bits per heavy atom. The molecule has 0 aromatic heterocycles. The van der Waals surface area contributed by atoms with Crippen LogP contribution >= 0.6 is 11.6 Å². The van der Waals surface area contributed by atoms with Crippen molar-refractivity contribution in [2.75, 3.05) is 19.3 Å². The quantitative estimate of drug-likeness (QED) is 0.679. The van der Waals surface area contributed by atoms with Crippen molar-refractivity contribution in [3.05, 3.63) is 0 Å². The fourth-order valence-corrected chi connectivity index (χ4v) is 2.40. The Morgan fingerprint density at radius 3 is 2.60 bits per heavy atom. The van der Waals surface area contributed by atoms with Gasteiger partial charge in [0.05, 0.1) is 5.38 Å². The van der Waals surface area contributed by atoms with E-state index < -0.39 is 15.1 Å². The van der Waals surface area contributed by atoms with E-state index in [2.05, 4.69) is 0 Å². The first-order chi connectivity index (χ1) is 6.82. The first kappa shape index (κ1) is 12.8. The van der Waals surface area contributed by atoms with E-state index in [-0.39, 0.29) is 11.3 Å². The summed E-state index contributed by atoms with van der Waals surface area (Å²) < 4.78 is 22.4. The summed E-state index contributed by atoms with van der Waals surface area (Å²) in [6.07, 6.45) is 2.81. The molecule has 88 valence electrons. The molecule has 0 bridgehead atoms. The summed E-state index contributed by atoms with van der Waals surface area (Å²) in [5, 5.41) is -1.01.